The fourth-order valence-corrected chi connectivity index (χ4v) is 3.35. The van der Waals surface area contributed by atoms with E-state index in [1.165, 1.54) is 11.3 Å². The van der Waals surface area contributed by atoms with Crippen LogP contribution in [0, 0.1) is 6.92 Å². The van der Waals surface area contributed by atoms with Crippen molar-refractivity contribution in [3.8, 4) is 0 Å². The molecular formula is C14H16N4O2S. The zero-order chi connectivity index (χ0) is 14.4. The van der Waals surface area contributed by atoms with Crippen LogP contribution in [0.2, 0.25) is 0 Å². The number of carbonyl (C=O) groups excluding carboxylic acids is 1. The second kappa shape index (κ2) is 4.91. The maximum atomic E-state index is 12.6. The zero-order valence-electron chi connectivity index (χ0n) is 11.8. The average molecular weight is 304 g/mol. The van der Waals surface area contributed by atoms with Gasteiger partial charge in [0.2, 0.25) is 5.89 Å². The van der Waals surface area contributed by atoms with E-state index >= 15 is 0 Å². The van der Waals surface area contributed by atoms with Crippen molar-refractivity contribution in [2.24, 2.45) is 0 Å². The van der Waals surface area contributed by atoms with Crippen LogP contribution in [0.3, 0.4) is 0 Å². The molecule has 2 aliphatic rings. The van der Waals surface area contributed by atoms with Crippen molar-refractivity contribution in [3.05, 3.63) is 27.8 Å². The molecule has 0 aromatic carbocycles. The fraction of sp³-hybridized carbons (Fsp3) is 0.571. The molecule has 4 rings (SSSR count). The molecule has 0 radical (unpaired) electrons. The molecule has 1 atom stereocenters. The van der Waals surface area contributed by atoms with Gasteiger partial charge >= 0.3 is 0 Å². The van der Waals surface area contributed by atoms with E-state index in [1.54, 1.807) is 0 Å². The van der Waals surface area contributed by atoms with Crippen LogP contribution in [-0.2, 0) is 0 Å². The van der Waals surface area contributed by atoms with Crippen LogP contribution in [0.4, 0.5) is 0 Å². The first-order valence-electron chi connectivity index (χ1n) is 7.29. The Labute approximate surface area is 126 Å². The third-order valence-electron chi connectivity index (χ3n) is 4.04. The van der Waals surface area contributed by atoms with E-state index in [9.17, 15) is 4.79 Å². The van der Waals surface area contributed by atoms with Crippen LogP contribution in [0.15, 0.2) is 9.90 Å². The Kier molecular flexibility index (Phi) is 3.02. The van der Waals surface area contributed by atoms with Crippen LogP contribution in [0.5, 0.6) is 0 Å². The first kappa shape index (κ1) is 12.9. The lowest BCUT2D eigenvalue weighted by Crippen LogP contribution is -2.31. The Morgan fingerprint density at radius 3 is 2.95 bits per heavy atom. The molecule has 1 amide bonds. The normalized spacial score (nSPS) is 22.0. The van der Waals surface area contributed by atoms with Gasteiger partial charge in [0.05, 0.1) is 5.01 Å². The van der Waals surface area contributed by atoms with E-state index in [2.05, 4.69) is 15.1 Å². The number of aromatic nitrogens is 3. The molecule has 2 fully saturated rings. The van der Waals surface area contributed by atoms with Crippen LogP contribution in [0.1, 0.15) is 64.9 Å². The minimum atomic E-state index is -0.0977. The van der Waals surface area contributed by atoms with Gasteiger partial charge in [-0.15, -0.1) is 11.3 Å². The number of rotatable bonds is 3. The van der Waals surface area contributed by atoms with E-state index in [0.717, 1.165) is 43.1 Å². The Morgan fingerprint density at radius 1 is 1.38 bits per heavy atom. The standard InChI is InChI=1S/C14H16N4O2S/c1-8-15-10(7-21-8)14(19)18-6-2-3-11(18)13-16-12(17-20-13)9-4-5-9/h7,9,11H,2-6H2,1H3. The number of carbonyl (C=O) groups is 1. The lowest BCUT2D eigenvalue weighted by Gasteiger charge is -2.20. The number of hydrogen-bond acceptors (Lipinski definition) is 6. The maximum Gasteiger partial charge on any atom is 0.274 e. The maximum absolute atomic E-state index is 12.6. The van der Waals surface area contributed by atoms with Gasteiger partial charge in [0, 0.05) is 17.8 Å². The van der Waals surface area contributed by atoms with Crippen molar-refractivity contribution in [3.63, 3.8) is 0 Å². The SMILES string of the molecule is Cc1nc(C(=O)N2CCCC2c2nc(C3CC3)no2)cs1. The summed E-state index contributed by atoms with van der Waals surface area (Å²) in [5.41, 5.74) is 0.520. The van der Waals surface area contributed by atoms with Gasteiger partial charge in [0.25, 0.3) is 5.91 Å². The van der Waals surface area contributed by atoms with Gasteiger partial charge in [-0.05, 0) is 32.6 Å². The highest BCUT2D eigenvalue weighted by molar-refractivity contribution is 7.09. The van der Waals surface area contributed by atoms with Crippen molar-refractivity contribution in [2.45, 2.75) is 44.6 Å². The zero-order valence-corrected chi connectivity index (χ0v) is 12.6. The van der Waals surface area contributed by atoms with E-state index < -0.39 is 0 Å². The molecule has 0 N–H and O–H groups in total. The minimum absolute atomic E-state index is 0.0342. The molecule has 1 saturated heterocycles. The molecule has 2 aromatic heterocycles. The summed E-state index contributed by atoms with van der Waals surface area (Å²) in [5.74, 6) is 1.81. The van der Waals surface area contributed by atoms with E-state index in [0.29, 0.717) is 17.5 Å². The molecular weight excluding hydrogens is 288 g/mol. The smallest absolute Gasteiger partial charge is 0.274 e. The Balaban J connectivity index is 1.57. The van der Waals surface area contributed by atoms with Crippen molar-refractivity contribution in [1.29, 1.82) is 0 Å². The van der Waals surface area contributed by atoms with Crippen LogP contribution in [-0.4, -0.2) is 32.5 Å². The van der Waals surface area contributed by atoms with Gasteiger partial charge in [0.1, 0.15) is 11.7 Å². The monoisotopic (exact) mass is 304 g/mol. The summed E-state index contributed by atoms with van der Waals surface area (Å²) in [7, 11) is 0. The molecule has 3 heterocycles. The summed E-state index contributed by atoms with van der Waals surface area (Å²) in [6.07, 6.45) is 4.12. The molecule has 2 aromatic rings. The predicted octanol–water partition coefficient (Wildman–Crippen LogP) is 2.69. The second-order valence-corrected chi connectivity index (χ2v) is 6.74. The van der Waals surface area contributed by atoms with Crippen molar-refractivity contribution in [2.75, 3.05) is 6.54 Å². The lowest BCUT2D eigenvalue weighted by atomic mass is 10.2. The largest absolute Gasteiger partial charge is 0.337 e. The molecule has 1 aliphatic heterocycles. The quantitative estimate of drug-likeness (QED) is 0.871. The van der Waals surface area contributed by atoms with Gasteiger partial charge in [-0.25, -0.2) is 4.98 Å². The van der Waals surface area contributed by atoms with Gasteiger partial charge < -0.3 is 9.42 Å². The minimum Gasteiger partial charge on any atom is -0.337 e. The Bertz CT molecular complexity index is 676. The summed E-state index contributed by atoms with van der Waals surface area (Å²) >= 11 is 1.49. The van der Waals surface area contributed by atoms with E-state index in [-0.39, 0.29) is 11.9 Å². The molecule has 0 bridgehead atoms. The van der Waals surface area contributed by atoms with E-state index in [4.69, 9.17) is 4.52 Å². The third kappa shape index (κ3) is 2.35. The number of likely N-dealkylation sites (tertiary alicyclic amines) is 1. The van der Waals surface area contributed by atoms with E-state index in [1.807, 2.05) is 17.2 Å². The first-order chi connectivity index (χ1) is 10.2. The summed E-state index contributed by atoms with van der Waals surface area (Å²) < 4.78 is 5.40. The number of thiazole rings is 1. The molecule has 21 heavy (non-hydrogen) atoms. The highest BCUT2D eigenvalue weighted by Crippen LogP contribution is 2.40. The molecule has 6 nitrogen and oxygen atoms in total. The first-order valence-corrected chi connectivity index (χ1v) is 8.17. The van der Waals surface area contributed by atoms with Crippen LogP contribution < -0.4 is 0 Å². The highest BCUT2D eigenvalue weighted by Gasteiger charge is 2.37. The van der Waals surface area contributed by atoms with Gasteiger partial charge in [-0.2, -0.15) is 4.98 Å². The number of aryl methyl sites for hydroxylation is 1. The van der Waals surface area contributed by atoms with Gasteiger partial charge in [-0.1, -0.05) is 5.16 Å². The summed E-state index contributed by atoms with van der Waals surface area (Å²) in [4.78, 5) is 23.2. The van der Waals surface area contributed by atoms with Gasteiger partial charge in [0.15, 0.2) is 5.82 Å². The number of hydrogen-bond donors (Lipinski definition) is 0. The molecule has 1 aliphatic carbocycles. The predicted molar refractivity (Wildman–Crippen MR) is 76.1 cm³/mol. The van der Waals surface area contributed by atoms with Crippen molar-refractivity contribution >= 4 is 17.2 Å². The third-order valence-corrected chi connectivity index (χ3v) is 4.81. The molecule has 110 valence electrons. The topological polar surface area (TPSA) is 72.1 Å². The number of nitrogens with zero attached hydrogens (tertiary/aromatic N) is 4. The number of amides is 1. The average Bonchev–Trinajstić information content (AvgIpc) is 2.94. The fourth-order valence-electron chi connectivity index (χ4n) is 2.77. The van der Waals surface area contributed by atoms with Crippen LogP contribution in [0.25, 0.3) is 0 Å². The second-order valence-electron chi connectivity index (χ2n) is 5.67. The van der Waals surface area contributed by atoms with Crippen LogP contribution >= 0.6 is 11.3 Å². The summed E-state index contributed by atoms with van der Waals surface area (Å²) in [6.45, 7) is 2.63. The van der Waals surface area contributed by atoms with Crippen molar-refractivity contribution in [1.82, 2.24) is 20.0 Å². The highest BCUT2D eigenvalue weighted by atomic mass is 32.1. The Morgan fingerprint density at radius 2 is 2.24 bits per heavy atom. The lowest BCUT2D eigenvalue weighted by molar-refractivity contribution is 0.0705. The molecule has 1 saturated carbocycles. The summed E-state index contributed by atoms with van der Waals surface area (Å²) in [5, 5.41) is 6.78. The van der Waals surface area contributed by atoms with Gasteiger partial charge in [-0.3, -0.25) is 4.79 Å². The Hall–Kier alpha value is -1.76. The molecule has 0 spiro atoms. The van der Waals surface area contributed by atoms with Crippen molar-refractivity contribution < 1.29 is 9.32 Å². The summed E-state index contributed by atoms with van der Waals surface area (Å²) in [6, 6.07) is -0.0977. The molecule has 7 heteroatoms. The molecule has 1 unspecified atom stereocenters.